The number of likely N-dealkylation sites (tertiary alicyclic amines) is 1. The van der Waals surface area contributed by atoms with Gasteiger partial charge in [0.1, 0.15) is 4.90 Å². The Morgan fingerprint density at radius 1 is 1.15 bits per heavy atom. The lowest BCUT2D eigenvalue weighted by atomic mass is 9.53. The third kappa shape index (κ3) is 3.85. The first-order chi connectivity index (χ1) is 16.2. The first kappa shape index (κ1) is 22.5. The summed E-state index contributed by atoms with van der Waals surface area (Å²) in [4.78, 5) is 27.8. The van der Waals surface area contributed by atoms with E-state index in [0.29, 0.717) is 18.1 Å². The number of hydrogen-bond donors (Lipinski definition) is 2. The van der Waals surface area contributed by atoms with Crippen molar-refractivity contribution in [2.75, 3.05) is 25.0 Å². The first-order valence-corrected chi connectivity index (χ1v) is 14.2. The van der Waals surface area contributed by atoms with Gasteiger partial charge in [-0.3, -0.25) is 0 Å². The maximum atomic E-state index is 13.3. The summed E-state index contributed by atoms with van der Waals surface area (Å²) >= 11 is 6.02. The van der Waals surface area contributed by atoms with Crippen molar-refractivity contribution in [1.82, 2.24) is 14.5 Å². The third-order valence-electron chi connectivity index (χ3n) is 8.62. The number of rotatable bonds is 3. The molecule has 0 radical (unpaired) electrons. The van der Waals surface area contributed by atoms with Crippen LogP contribution >= 0.6 is 11.6 Å². The zero-order chi connectivity index (χ0) is 23.7. The van der Waals surface area contributed by atoms with Gasteiger partial charge in [0.15, 0.2) is 0 Å². The van der Waals surface area contributed by atoms with E-state index < -0.39 is 16.1 Å². The van der Waals surface area contributed by atoms with E-state index in [-0.39, 0.29) is 34.6 Å². The molecule has 4 bridgehead atoms. The fourth-order valence-electron chi connectivity index (χ4n) is 7.60. The van der Waals surface area contributed by atoms with E-state index in [2.05, 4.69) is 10.6 Å². The lowest BCUT2D eigenvalue weighted by Crippen LogP contribution is -2.62. The molecule has 6 aliphatic rings. The average molecular weight is 507 g/mol. The van der Waals surface area contributed by atoms with Crippen molar-refractivity contribution in [3.63, 3.8) is 0 Å². The Bertz CT molecular complexity index is 1100. The number of benzene rings is 1. The van der Waals surface area contributed by atoms with Crippen LogP contribution in [0.3, 0.4) is 0 Å². The van der Waals surface area contributed by atoms with Crippen molar-refractivity contribution >= 4 is 39.4 Å². The minimum Gasteiger partial charge on any atom is -0.333 e. The molecule has 1 atom stereocenters. The Morgan fingerprint density at radius 2 is 1.82 bits per heavy atom. The van der Waals surface area contributed by atoms with Gasteiger partial charge in [0.25, 0.3) is 10.0 Å². The summed E-state index contributed by atoms with van der Waals surface area (Å²) in [5.74, 6) is 2.14. The third-order valence-corrected chi connectivity index (χ3v) is 10.6. The van der Waals surface area contributed by atoms with E-state index in [1.807, 2.05) is 4.90 Å². The van der Waals surface area contributed by atoms with Crippen LogP contribution in [0.25, 0.3) is 0 Å². The highest BCUT2D eigenvalue weighted by Crippen LogP contribution is 2.55. The van der Waals surface area contributed by atoms with Crippen LogP contribution in [-0.2, 0) is 10.0 Å². The molecule has 1 aromatic carbocycles. The number of nitrogens with zero attached hydrogens (tertiary/aromatic N) is 2. The summed E-state index contributed by atoms with van der Waals surface area (Å²) in [6.07, 6.45) is 8.80. The van der Waals surface area contributed by atoms with E-state index in [4.69, 9.17) is 11.6 Å². The quantitative estimate of drug-likeness (QED) is 0.639. The van der Waals surface area contributed by atoms with Gasteiger partial charge in [-0.1, -0.05) is 11.6 Å². The molecule has 0 spiro atoms. The maximum absolute atomic E-state index is 13.3. The summed E-state index contributed by atoms with van der Waals surface area (Å²) in [6.45, 7) is 1.15. The maximum Gasteiger partial charge on any atom is 0.335 e. The molecule has 1 aromatic rings. The van der Waals surface area contributed by atoms with Crippen LogP contribution in [0.5, 0.6) is 0 Å². The predicted molar refractivity (Wildman–Crippen MR) is 128 cm³/mol. The Labute approximate surface area is 205 Å². The summed E-state index contributed by atoms with van der Waals surface area (Å²) < 4.78 is 27.3. The monoisotopic (exact) mass is 506 g/mol. The number of urea groups is 2. The zero-order valence-corrected chi connectivity index (χ0v) is 20.7. The van der Waals surface area contributed by atoms with E-state index in [0.717, 1.165) is 54.2 Å². The van der Waals surface area contributed by atoms with Gasteiger partial charge in [0, 0.05) is 30.2 Å². The molecule has 5 fully saturated rings. The van der Waals surface area contributed by atoms with Gasteiger partial charge >= 0.3 is 12.1 Å². The lowest BCUT2D eigenvalue weighted by molar-refractivity contribution is -0.0163. The molecule has 10 heteroatoms. The number of carbonyl (C=O) groups excluding carboxylic acids is 2. The molecule has 2 N–H and O–H groups in total. The number of carbonyl (C=O) groups is 2. The Balaban J connectivity index is 1.14. The first-order valence-electron chi connectivity index (χ1n) is 12.4. The molecule has 8 nitrogen and oxygen atoms in total. The van der Waals surface area contributed by atoms with Crippen LogP contribution < -0.4 is 10.6 Å². The second kappa shape index (κ2) is 8.01. The van der Waals surface area contributed by atoms with E-state index >= 15 is 0 Å². The van der Waals surface area contributed by atoms with Gasteiger partial charge in [-0.15, -0.1) is 0 Å². The number of anilines is 1. The van der Waals surface area contributed by atoms with Gasteiger partial charge in [-0.2, -0.15) is 0 Å². The van der Waals surface area contributed by atoms with Gasteiger partial charge in [0.2, 0.25) is 0 Å². The van der Waals surface area contributed by atoms with Gasteiger partial charge in [-0.05, 0) is 93.2 Å². The zero-order valence-electron chi connectivity index (χ0n) is 19.1. The van der Waals surface area contributed by atoms with E-state index in [9.17, 15) is 18.0 Å². The van der Waals surface area contributed by atoms with Crippen molar-refractivity contribution < 1.29 is 18.0 Å². The largest absolute Gasteiger partial charge is 0.335 e. The normalized spacial score (nSPS) is 35.6. The smallest absolute Gasteiger partial charge is 0.333 e. The molecular formula is C24H31ClN4O4S. The van der Waals surface area contributed by atoms with Gasteiger partial charge in [-0.25, -0.2) is 22.3 Å². The van der Waals surface area contributed by atoms with Crippen LogP contribution in [0.15, 0.2) is 23.1 Å². The molecule has 2 heterocycles. The highest BCUT2D eigenvalue weighted by atomic mass is 35.5. The number of halogens is 1. The summed E-state index contributed by atoms with van der Waals surface area (Å²) in [7, 11) is -4.01. The number of amides is 4. The SMILES string of the molecule is O=C(NC12CC3CC(CC(C3)C1)C2)N1CCCC(CN2C(=O)Nc3ccc(Cl)cc3S2(=O)=O)C1. The minimum absolute atomic E-state index is 0.00632. The molecule has 184 valence electrons. The van der Waals surface area contributed by atoms with E-state index in [1.54, 1.807) is 6.07 Å². The van der Waals surface area contributed by atoms with Crippen molar-refractivity contribution in [2.24, 2.45) is 23.7 Å². The molecule has 34 heavy (non-hydrogen) atoms. The van der Waals surface area contributed by atoms with Crippen molar-refractivity contribution in [2.45, 2.75) is 61.8 Å². The molecule has 1 saturated heterocycles. The Kier molecular flexibility index (Phi) is 5.30. The van der Waals surface area contributed by atoms with Gasteiger partial charge in [0.05, 0.1) is 5.69 Å². The van der Waals surface area contributed by atoms with Crippen LogP contribution in [0.1, 0.15) is 51.4 Å². The number of fused-ring (bicyclic) bond motifs is 1. The van der Waals surface area contributed by atoms with Crippen LogP contribution in [0, 0.1) is 23.7 Å². The number of sulfonamides is 1. The summed E-state index contributed by atoms with van der Waals surface area (Å²) in [5, 5.41) is 6.38. The van der Waals surface area contributed by atoms with E-state index in [1.165, 1.54) is 31.4 Å². The topological polar surface area (TPSA) is 98.8 Å². The number of nitrogens with one attached hydrogen (secondary N) is 2. The molecule has 0 aromatic heterocycles. The fraction of sp³-hybridized carbons (Fsp3) is 0.667. The molecular weight excluding hydrogens is 476 g/mol. The van der Waals surface area contributed by atoms with Gasteiger partial charge < -0.3 is 15.5 Å². The molecule has 7 rings (SSSR count). The highest BCUT2D eigenvalue weighted by Gasteiger charge is 2.52. The second-order valence-electron chi connectivity index (χ2n) is 11.2. The van der Waals surface area contributed by atoms with Crippen molar-refractivity contribution in [1.29, 1.82) is 0 Å². The Hall–Kier alpha value is -2.00. The molecule has 4 amide bonds. The van der Waals surface area contributed by atoms with Crippen molar-refractivity contribution in [3.8, 4) is 0 Å². The van der Waals surface area contributed by atoms with Crippen LogP contribution in [0.4, 0.5) is 15.3 Å². The summed E-state index contributed by atoms with van der Waals surface area (Å²) in [6, 6.07) is 3.72. The molecule has 4 aliphatic carbocycles. The lowest BCUT2D eigenvalue weighted by Gasteiger charge is -2.57. The molecule has 1 unspecified atom stereocenters. The molecule has 4 saturated carbocycles. The average Bonchev–Trinajstić information content (AvgIpc) is 2.76. The van der Waals surface area contributed by atoms with Crippen LogP contribution in [0.2, 0.25) is 5.02 Å². The summed E-state index contributed by atoms with van der Waals surface area (Å²) in [5.41, 5.74) is 0.184. The second-order valence-corrected chi connectivity index (χ2v) is 13.5. The molecule has 2 aliphatic heterocycles. The standard InChI is InChI=1S/C24H31ClN4O4S/c25-19-3-4-20-21(9-19)34(32,33)29(22(30)26-20)14-15-2-1-5-28(13-15)23(31)27-24-10-16-6-17(11-24)8-18(7-16)12-24/h3-4,9,15-18H,1-2,5-8,10-14H2,(H,26,30)(H,27,31). The minimum atomic E-state index is -4.01. The Morgan fingerprint density at radius 3 is 2.50 bits per heavy atom. The predicted octanol–water partition coefficient (Wildman–Crippen LogP) is 4.27. The van der Waals surface area contributed by atoms with Crippen molar-refractivity contribution in [3.05, 3.63) is 23.2 Å². The highest BCUT2D eigenvalue weighted by molar-refractivity contribution is 7.90. The fourth-order valence-corrected chi connectivity index (χ4v) is 9.42. The van der Waals surface area contributed by atoms with Crippen LogP contribution in [-0.4, -0.2) is 54.9 Å². The number of piperidine rings is 1. The number of hydrogen-bond acceptors (Lipinski definition) is 4.